The molecule has 0 aromatic heterocycles. The van der Waals surface area contributed by atoms with E-state index in [1.807, 2.05) is 0 Å². The zero-order valence-corrected chi connectivity index (χ0v) is 16.1. The summed E-state index contributed by atoms with van der Waals surface area (Å²) < 4.78 is 5.36. The van der Waals surface area contributed by atoms with E-state index in [4.69, 9.17) is 9.73 Å². The van der Waals surface area contributed by atoms with Gasteiger partial charge in [-0.15, -0.1) is 24.0 Å². The maximum absolute atomic E-state index is 5.36. The quantitative estimate of drug-likeness (QED) is 0.381. The highest BCUT2D eigenvalue weighted by Crippen LogP contribution is 2.25. The molecule has 2 aliphatic rings. The second-order valence-electron chi connectivity index (χ2n) is 5.24. The molecule has 2 saturated heterocycles. The molecule has 1 unspecified atom stereocenters. The van der Waals surface area contributed by atoms with E-state index < -0.39 is 0 Å². The van der Waals surface area contributed by atoms with E-state index in [0.717, 1.165) is 63.7 Å². The van der Waals surface area contributed by atoms with Gasteiger partial charge in [0.25, 0.3) is 0 Å². The first-order valence-electron chi connectivity index (χ1n) is 7.82. The van der Waals surface area contributed by atoms with Crippen molar-refractivity contribution in [2.24, 2.45) is 4.99 Å². The molecule has 0 amide bonds. The van der Waals surface area contributed by atoms with Crippen LogP contribution in [0.2, 0.25) is 0 Å². The largest absolute Gasteiger partial charge is 0.379 e. The molecular formula is C14H29IN4OS. The molecule has 0 aliphatic carbocycles. The SMILES string of the molecule is CCNC(=NCC1CCCS1)NCCN1CCOCC1.I. The minimum absolute atomic E-state index is 0. The Morgan fingerprint density at radius 1 is 1.33 bits per heavy atom. The first kappa shape index (κ1) is 19.3. The van der Waals surface area contributed by atoms with E-state index in [9.17, 15) is 0 Å². The lowest BCUT2D eigenvalue weighted by Gasteiger charge is -2.26. The van der Waals surface area contributed by atoms with Crippen molar-refractivity contribution in [2.45, 2.75) is 25.0 Å². The van der Waals surface area contributed by atoms with Crippen molar-refractivity contribution in [3.63, 3.8) is 0 Å². The van der Waals surface area contributed by atoms with Crippen LogP contribution in [0.4, 0.5) is 0 Å². The molecule has 2 rings (SSSR count). The molecule has 124 valence electrons. The predicted molar refractivity (Wildman–Crippen MR) is 102 cm³/mol. The number of nitrogens with one attached hydrogen (secondary N) is 2. The number of rotatable bonds is 6. The van der Waals surface area contributed by atoms with Gasteiger partial charge in [-0.25, -0.2) is 0 Å². The van der Waals surface area contributed by atoms with E-state index in [2.05, 4.69) is 34.2 Å². The molecule has 0 aromatic rings. The Morgan fingerprint density at radius 2 is 2.14 bits per heavy atom. The molecule has 2 fully saturated rings. The highest BCUT2D eigenvalue weighted by Gasteiger charge is 2.15. The van der Waals surface area contributed by atoms with Crippen molar-refractivity contribution in [1.82, 2.24) is 15.5 Å². The Bertz CT molecular complexity index is 295. The van der Waals surface area contributed by atoms with Gasteiger partial charge < -0.3 is 15.4 Å². The van der Waals surface area contributed by atoms with Crippen LogP contribution in [-0.4, -0.2) is 74.3 Å². The monoisotopic (exact) mass is 428 g/mol. The van der Waals surface area contributed by atoms with Crippen LogP contribution in [0.3, 0.4) is 0 Å². The Balaban J connectivity index is 0.00000220. The molecular weight excluding hydrogens is 399 g/mol. The second kappa shape index (κ2) is 11.8. The molecule has 5 nitrogen and oxygen atoms in total. The van der Waals surface area contributed by atoms with Crippen LogP contribution in [0.15, 0.2) is 4.99 Å². The van der Waals surface area contributed by atoms with Crippen molar-refractivity contribution in [2.75, 3.05) is 58.2 Å². The third-order valence-electron chi connectivity index (χ3n) is 3.65. The standard InChI is InChI=1S/C14H28N4OS.HI/c1-2-15-14(17-12-13-4-3-11-20-13)16-5-6-18-7-9-19-10-8-18;/h13H,2-12H2,1H3,(H2,15,16,17);1H. The summed E-state index contributed by atoms with van der Waals surface area (Å²) in [6.45, 7) is 9.82. The normalized spacial score (nSPS) is 23.7. The Hall–Kier alpha value is 0.270. The van der Waals surface area contributed by atoms with Crippen LogP contribution < -0.4 is 10.6 Å². The van der Waals surface area contributed by atoms with Crippen molar-refractivity contribution in [3.8, 4) is 0 Å². The summed E-state index contributed by atoms with van der Waals surface area (Å²) in [5.41, 5.74) is 0. The van der Waals surface area contributed by atoms with Gasteiger partial charge >= 0.3 is 0 Å². The summed E-state index contributed by atoms with van der Waals surface area (Å²) >= 11 is 2.06. The summed E-state index contributed by atoms with van der Waals surface area (Å²) in [5.74, 6) is 2.27. The minimum atomic E-state index is 0. The van der Waals surface area contributed by atoms with Crippen LogP contribution in [0.1, 0.15) is 19.8 Å². The number of halogens is 1. The molecule has 0 bridgehead atoms. The van der Waals surface area contributed by atoms with Gasteiger partial charge in [0, 0.05) is 38.0 Å². The molecule has 0 spiro atoms. The van der Waals surface area contributed by atoms with Gasteiger partial charge in [-0.05, 0) is 25.5 Å². The fourth-order valence-corrected chi connectivity index (χ4v) is 3.66. The van der Waals surface area contributed by atoms with Gasteiger partial charge in [-0.3, -0.25) is 9.89 Å². The molecule has 2 N–H and O–H groups in total. The summed E-state index contributed by atoms with van der Waals surface area (Å²) in [5, 5.41) is 7.50. The van der Waals surface area contributed by atoms with Crippen molar-refractivity contribution < 1.29 is 4.74 Å². The van der Waals surface area contributed by atoms with Gasteiger partial charge in [-0.1, -0.05) is 0 Å². The lowest BCUT2D eigenvalue weighted by Crippen LogP contribution is -2.44. The van der Waals surface area contributed by atoms with E-state index in [-0.39, 0.29) is 24.0 Å². The number of guanidine groups is 1. The maximum Gasteiger partial charge on any atom is 0.191 e. The van der Waals surface area contributed by atoms with Gasteiger partial charge in [0.05, 0.1) is 19.8 Å². The molecule has 21 heavy (non-hydrogen) atoms. The number of hydrogen-bond acceptors (Lipinski definition) is 4. The van der Waals surface area contributed by atoms with Crippen molar-refractivity contribution >= 4 is 41.7 Å². The van der Waals surface area contributed by atoms with Crippen LogP contribution in [0.25, 0.3) is 0 Å². The molecule has 1 atom stereocenters. The minimum Gasteiger partial charge on any atom is -0.379 e. The summed E-state index contributed by atoms with van der Waals surface area (Å²) in [6.07, 6.45) is 2.67. The van der Waals surface area contributed by atoms with E-state index in [1.165, 1.54) is 18.6 Å². The highest BCUT2D eigenvalue weighted by molar-refractivity contribution is 14.0. The second-order valence-corrected chi connectivity index (χ2v) is 6.64. The maximum atomic E-state index is 5.36. The third-order valence-corrected chi connectivity index (χ3v) is 5.03. The smallest absolute Gasteiger partial charge is 0.191 e. The number of thioether (sulfide) groups is 1. The van der Waals surface area contributed by atoms with Gasteiger partial charge in [-0.2, -0.15) is 11.8 Å². The first-order valence-corrected chi connectivity index (χ1v) is 8.87. The molecule has 0 saturated carbocycles. The summed E-state index contributed by atoms with van der Waals surface area (Å²) in [7, 11) is 0. The Kier molecular flexibility index (Phi) is 10.8. The zero-order chi connectivity index (χ0) is 14.0. The predicted octanol–water partition coefficient (Wildman–Crippen LogP) is 1.39. The van der Waals surface area contributed by atoms with Crippen LogP contribution in [0, 0.1) is 0 Å². The summed E-state index contributed by atoms with van der Waals surface area (Å²) in [4.78, 5) is 7.15. The number of nitrogens with zero attached hydrogens (tertiary/aromatic N) is 2. The van der Waals surface area contributed by atoms with E-state index in [0.29, 0.717) is 0 Å². The van der Waals surface area contributed by atoms with Crippen LogP contribution >= 0.6 is 35.7 Å². The lowest BCUT2D eigenvalue weighted by molar-refractivity contribution is 0.0389. The average Bonchev–Trinajstić information content (AvgIpc) is 2.99. The van der Waals surface area contributed by atoms with Crippen molar-refractivity contribution in [3.05, 3.63) is 0 Å². The molecule has 2 heterocycles. The number of hydrogen-bond donors (Lipinski definition) is 2. The van der Waals surface area contributed by atoms with Crippen LogP contribution in [-0.2, 0) is 4.74 Å². The highest BCUT2D eigenvalue weighted by atomic mass is 127. The zero-order valence-electron chi connectivity index (χ0n) is 13.0. The molecule has 7 heteroatoms. The molecule has 0 radical (unpaired) electrons. The fourth-order valence-electron chi connectivity index (χ4n) is 2.48. The lowest BCUT2D eigenvalue weighted by atomic mass is 10.2. The average molecular weight is 428 g/mol. The third kappa shape index (κ3) is 7.90. The first-order chi connectivity index (χ1) is 9.88. The van der Waals surface area contributed by atoms with Gasteiger partial charge in [0.1, 0.15) is 0 Å². The number of aliphatic imine (C=N–C) groups is 1. The molecule has 2 aliphatic heterocycles. The number of morpholine rings is 1. The summed E-state index contributed by atoms with van der Waals surface area (Å²) in [6, 6.07) is 0. The van der Waals surface area contributed by atoms with Crippen molar-refractivity contribution in [1.29, 1.82) is 0 Å². The Labute approximate surface area is 150 Å². The van der Waals surface area contributed by atoms with Gasteiger partial charge in [0.15, 0.2) is 5.96 Å². The molecule has 0 aromatic carbocycles. The Morgan fingerprint density at radius 3 is 2.81 bits per heavy atom. The van der Waals surface area contributed by atoms with E-state index in [1.54, 1.807) is 0 Å². The van der Waals surface area contributed by atoms with Crippen LogP contribution in [0.5, 0.6) is 0 Å². The number of ether oxygens (including phenoxy) is 1. The topological polar surface area (TPSA) is 48.9 Å². The van der Waals surface area contributed by atoms with Gasteiger partial charge in [0.2, 0.25) is 0 Å². The van der Waals surface area contributed by atoms with E-state index >= 15 is 0 Å². The fraction of sp³-hybridized carbons (Fsp3) is 0.929.